The fourth-order valence-corrected chi connectivity index (χ4v) is 3.56. The molecule has 112 valence electrons. The molecule has 0 spiro atoms. The van der Waals surface area contributed by atoms with Gasteiger partial charge in [-0.1, -0.05) is 43.6 Å². The summed E-state index contributed by atoms with van der Waals surface area (Å²) in [5.74, 6) is -0.00704. The Morgan fingerprint density at radius 1 is 1.50 bits per heavy atom. The highest BCUT2D eigenvalue weighted by Crippen LogP contribution is 2.27. The minimum Gasteiger partial charge on any atom is -0.480 e. The molecule has 0 radical (unpaired) electrons. The fourth-order valence-electron chi connectivity index (χ4n) is 2.11. The summed E-state index contributed by atoms with van der Waals surface area (Å²) in [4.78, 5) is 11.4. The first kappa shape index (κ1) is 17.3. The van der Waals surface area contributed by atoms with Crippen LogP contribution in [0.1, 0.15) is 32.8 Å². The molecule has 0 saturated carbocycles. The SMILES string of the molecule is CCNC(C)(CC(C)SCc1ccccc1Cl)C(=O)O. The number of carbonyl (C=O) groups is 1. The molecule has 0 aliphatic rings. The number of hydrogen-bond acceptors (Lipinski definition) is 3. The normalized spacial score (nSPS) is 15.6. The van der Waals surface area contributed by atoms with Gasteiger partial charge >= 0.3 is 5.97 Å². The van der Waals surface area contributed by atoms with Gasteiger partial charge in [0.15, 0.2) is 0 Å². The third-order valence-corrected chi connectivity index (χ3v) is 4.80. The van der Waals surface area contributed by atoms with Crippen LogP contribution in [-0.2, 0) is 10.5 Å². The maximum atomic E-state index is 11.4. The van der Waals surface area contributed by atoms with Gasteiger partial charge < -0.3 is 10.4 Å². The molecule has 0 aliphatic heterocycles. The summed E-state index contributed by atoms with van der Waals surface area (Å²) in [6.07, 6.45) is 0.575. The van der Waals surface area contributed by atoms with Crippen molar-refractivity contribution in [1.82, 2.24) is 5.32 Å². The second-order valence-electron chi connectivity index (χ2n) is 5.08. The number of carboxylic acids is 1. The highest BCUT2D eigenvalue weighted by Gasteiger charge is 2.33. The summed E-state index contributed by atoms with van der Waals surface area (Å²) < 4.78 is 0. The Hall–Kier alpha value is -0.710. The van der Waals surface area contributed by atoms with E-state index in [9.17, 15) is 9.90 Å². The lowest BCUT2D eigenvalue weighted by atomic mass is 9.96. The van der Waals surface area contributed by atoms with Crippen molar-refractivity contribution in [2.24, 2.45) is 0 Å². The van der Waals surface area contributed by atoms with Crippen molar-refractivity contribution >= 4 is 29.3 Å². The predicted molar refractivity (Wildman–Crippen MR) is 86.5 cm³/mol. The summed E-state index contributed by atoms with van der Waals surface area (Å²) >= 11 is 7.85. The molecule has 2 unspecified atom stereocenters. The minimum absolute atomic E-state index is 0.228. The Kier molecular flexibility index (Phi) is 6.86. The number of carboxylic acid groups (broad SMARTS) is 1. The first-order valence-corrected chi connectivity index (χ1v) is 8.15. The van der Waals surface area contributed by atoms with Crippen molar-refractivity contribution < 1.29 is 9.90 Å². The highest BCUT2D eigenvalue weighted by molar-refractivity contribution is 7.99. The Labute approximate surface area is 130 Å². The lowest BCUT2D eigenvalue weighted by Crippen LogP contribution is -2.50. The second kappa shape index (κ2) is 7.91. The molecule has 0 amide bonds. The largest absolute Gasteiger partial charge is 0.480 e. The molecular formula is C15H22ClNO2S. The smallest absolute Gasteiger partial charge is 0.323 e. The van der Waals surface area contributed by atoms with Crippen LogP contribution in [-0.4, -0.2) is 28.4 Å². The van der Waals surface area contributed by atoms with Crippen molar-refractivity contribution in [3.63, 3.8) is 0 Å². The lowest BCUT2D eigenvalue weighted by Gasteiger charge is -2.28. The summed E-state index contributed by atoms with van der Waals surface area (Å²) in [6, 6.07) is 7.75. The summed E-state index contributed by atoms with van der Waals surface area (Å²) in [5, 5.41) is 13.4. The molecule has 0 aromatic heterocycles. The van der Waals surface area contributed by atoms with Crippen molar-refractivity contribution in [2.75, 3.05) is 6.54 Å². The van der Waals surface area contributed by atoms with Crippen molar-refractivity contribution in [1.29, 1.82) is 0 Å². The topological polar surface area (TPSA) is 49.3 Å². The molecule has 0 heterocycles. The minimum atomic E-state index is -0.873. The Balaban J connectivity index is 2.56. The highest BCUT2D eigenvalue weighted by atomic mass is 35.5. The fraction of sp³-hybridized carbons (Fsp3) is 0.533. The van der Waals surface area contributed by atoms with Gasteiger partial charge in [-0.3, -0.25) is 4.79 Å². The van der Waals surface area contributed by atoms with Crippen LogP contribution in [0.3, 0.4) is 0 Å². The molecule has 0 aliphatic carbocycles. The van der Waals surface area contributed by atoms with E-state index in [1.165, 1.54) is 0 Å². The third-order valence-electron chi connectivity index (χ3n) is 3.22. The van der Waals surface area contributed by atoms with E-state index in [0.29, 0.717) is 13.0 Å². The standard InChI is InChI=1S/C15H22ClNO2S/c1-4-17-15(3,14(18)19)9-11(2)20-10-12-7-5-6-8-13(12)16/h5-8,11,17H,4,9-10H2,1-3H3,(H,18,19). The third kappa shape index (κ3) is 5.00. The monoisotopic (exact) mass is 315 g/mol. The molecule has 1 aromatic carbocycles. The van der Waals surface area contributed by atoms with Gasteiger partial charge in [0.25, 0.3) is 0 Å². The van der Waals surface area contributed by atoms with Gasteiger partial charge in [-0.2, -0.15) is 11.8 Å². The van der Waals surface area contributed by atoms with Crippen LogP contribution in [0, 0.1) is 0 Å². The van der Waals surface area contributed by atoms with Gasteiger partial charge in [-0.05, 0) is 31.5 Å². The molecule has 2 atom stereocenters. The zero-order chi connectivity index (χ0) is 15.2. The van der Waals surface area contributed by atoms with Crippen LogP contribution in [0.2, 0.25) is 5.02 Å². The summed E-state index contributed by atoms with van der Waals surface area (Å²) in [6.45, 7) is 6.36. The Morgan fingerprint density at radius 3 is 2.70 bits per heavy atom. The van der Waals surface area contributed by atoms with Gasteiger partial charge in [-0.25, -0.2) is 0 Å². The van der Waals surface area contributed by atoms with Gasteiger partial charge in [0.2, 0.25) is 0 Å². The molecule has 0 fully saturated rings. The van der Waals surface area contributed by atoms with Crippen LogP contribution >= 0.6 is 23.4 Å². The van der Waals surface area contributed by atoms with E-state index in [1.54, 1.807) is 18.7 Å². The van der Waals surface area contributed by atoms with Gasteiger partial charge in [0.1, 0.15) is 5.54 Å². The number of thioether (sulfide) groups is 1. The van der Waals surface area contributed by atoms with Gasteiger partial charge in [0.05, 0.1) is 0 Å². The van der Waals surface area contributed by atoms with E-state index >= 15 is 0 Å². The molecule has 2 N–H and O–H groups in total. The van der Waals surface area contributed by atoms with E-state index in [2.05, 4.69) is 12.2 Å². The molecule has 20 heavy (non-hydrogen) atoms. The zero-order valence-electron chi connectivity index (χ0n) is 12.1. The van der Waals surface area contributed by atoms with Crippen molar-refractivity contribution in [2.45, 2.75) is 43.7 Å². The van der Waals surface area contributed by atoms with E-state index in [4.69, 9.17) is 11.6 Å². The molecule has 1 rings (SSSR count). The molecule has 1 aromatic rings. The molecule has 0 saturated heterocycles. The second-order valence-corrected chi connectivity index (χ2v) is 6.92. The maximum Gasteiger partial charge on any atom is 0.323 e. The first-order valence-electron chi connectivity index (χ1n) is 6.72. The number of likely N-dealkylation sites (N-methyl/N-ethyl adjacent to an activating group) is 1. The molecule has 0 bridgehead atoms. The van der Waals surface area contributed by atoms with Crippen LogP contribution in [0.25, 0.3) is 0 Å². The quantitative estimate of drug-likeness (QED) is 0.766. The maximum absolute atomic E-state index is 11.4. The van der Waals surface area contributed by atoms with Gasteiger partial charge in [0, 0.05) is 16.0 Å². The predicted octanol–water partition coefficient (Wildman–Crippen LogP) is 3.80. The average Bonchev–Trinajstić information content (AvgIpc) is 2.38. The molecular weight excluding hydrogens is 294 g/mol. The number of rotatable bonds is 8. The number of aliphatic carboxylic acids is 1. The van der Waals surface area contributed by atoms with Crippen LogP contribution in [0.15, 0.2) is 24.3 Å². The van der Waals surface area contributed by atoms with E-state index in [1.807, 2.05) is 31.2 Å². The van der Waals surface area contributed by atoms with Gasteiger partial charge in [-0.15, -0.1) is 0 Å². The van der Waals surface area contributed by atoms with Crippen LogP contribution in [0.4, 0.5) is 0 Å². The average molecular weight is 316 g/mol. The summed E-state index contributed by atoms with van der Waals surface area (Å²) in [7, 11) is 0. The van der Waals surface area contributed by atoms with Crippen molar-refractivity contribution in [3.05, 3.63) is 34.9 Å². The van der Waals surface area contributed by atoms with E-state index < -0.39 is 11.5 Å². The zero-order valence-corrected chi connectivity index (χ0v) is 13.7. The van der Waals surface area contributed by atoms with E-state index in [0.717, 1.165) is 16.3 Å². The first-order chi connectivity index (χ1) is 9.39. The van der Waals surface area contributed by atoms with E-state index in [-0.39, 0.29) is 5.25 Å². The molecule has 3 nitrogen and oxygen atoms in total. The number of halogens is 1. The van der Waals surface area contributed by atoms with Crippen molar-refractivity contribution in [3.8, 4) is 0 Å². The summed E-state index contributed by atoms with van der Waals surface area (Å²) in [5.41, 5.74) is 0.216. The van der Waals surface area contributed by atoms with Crippen LogP contribution in [0.5, 0.6) is 0 Å². The number of nitrogens with one attached hydrogen (secondary N) is 1. The van der Waals surface area contributed by atoms with Crippen LogP contribution < -0.4 is 5.32 Å². The Morgan fingerprint density at radius 2 is 2.15 bits per heavy atom. The number of benzene rings is 1. The lowest BCUT2D eigenvalue weighted by molar-refractivity contribution is -0.144. The Bertz CT molecular complexity index is 455. The number of hydrogen-bond donors (Lipinski definition) is 2. The molecule has 5 heteroatoms.